The fourth-order valence-corrected chi connectivity index (χ4v) is 1.21. The highest BCUT2D eigenvalue weighted by atomic mass is 16.5. The lowest BCUT2D eigenvalue weighted by molar-refractivity contribution is 0.152. The van der Waals surface area contributed by atoms with Crippen LogP contribution in [0.3, 0.4) is 0 Å². The van der Waals surface area contributed by atoms with Crippen LogP contribution in [0.4, 0.5) is 4.79 Å². The Balaban J connectivity index is 2.70. The number of hydrogen-bond acceptors (Lipinski definition) is 4. The molecule has 0 spiro atoms. The van der Waals surface area contributed by atoms with Crippen LogP contribution in [0, 0.1) is 0 Å². The van der Waals surface area contributed by atoms with Crippen molar-refractivity contribution < 1.29 is 14.3 Å². The molecule has 92 valence electrons. The van der Waals surface area contributed by atoms with E-state index in [1.165, 1.54) is 0 Å². The second-order valence-corrected chi connectivity index (χ2v) is 3.26. The predicted octanol–water partition coefficient (Wildman–Crippen LogP) is 2.17. The number of ether oxygens (including phenoxy) is 2. The molecule has 0 saturated carbocycles. The van der Waals surface area contributed by atoms with Gasteiger partial charge < -0.3 is 9.47 Å². The molecule has 5 heteroatoms. The Kier molecular flexibility index (Phi) is 5.00. The highest BCUT2D eigenvalue weighted by Gasteiger charge is 2.01. The molecule has 0 aliphatic heterocycles. The number of nitrogens with zero attached hydrogens (tertiary/aromatic N) is 1. The zero-order valence-electron chi connectivity index (χ0n) is 10.2. The van der Waals surface area contributed by atoms with E-state index in [0.29, 0.717) is 12.3 Å². The van der Waals surface area contributed by atoms with Gasteiger partial charge in [-0.3, -0.25) is 0 Å². The van der Waals surface area contributed by atoms with Crippen molar-refractivity contribution in [2.45, 2.75) is 13.8 Å². The van der Waals surface area contributed by atoms with E-state index in [-0.39, 0.29) is 0 Å². The van der Waals surface area contributed by atoms with Gasteiger partial charge in [-0.25, -0.2) is 10.2 Å². The molecular formula is C12H16N2O3. The lowest BCUT2D eigenvalue weighted by atomic mass is 10.1. The summed E-state index contributed by atoms with van der Waals surface area (Å²) in [7, 11) is 1.60. The predicted molar refractivity (Wildman–Crippen MR) is 65.4 cm³/mol. The lowest BCUT2D eigenvalue weighted by Crippen LogP contribution is -2.20. The van der Waals surface area contributed by atoms with Gasteiger partial charge in [-0.15, -0.1) is 0 Å². The van der Waals surface area contributed by atoms with Crippen molar-refractivity contribution in [3.05, 3.63) is 29.8 Å². The van der Waals surface area contributed by atoms with Crippen LogP contribution < -0.4 is 10.2 Å². The van der Waals surface area contributed by atoms with Crippen molar-refractivity contribution in [3.63, 3.8) is 0 Å². The van der Waals surface area contributed by atoms with Crippen LogP contribution >= 0.6 is 0 Å². The van der Waals surface area contributed by atoms with Gasteiger partial charge in [0.2, 0.25) is 0 Å². The summed E-state index contributed by atoms with van der Waals surface area (Å²) >= 11 is 0. The minimum absolute atomic E-state index is 0.319. The van der Waals surface area contributed by atoms with Gasteiger partial charge >= 0.3 is 6.09 Å². The minimum Gasteiger partial charge on any atom is -0.497 e. The van der Waals surface area contributed by atoms with Crippen LogP contribution in [0.15, 0.2) is 29.4 Å². The van der Waals surface area contributed by atoms with Crippen molar-refractivity contribution >= 4 is 11.8 Å². The van der Waals surface area contributed by atoms with Crippen molar-refractivity contribution in [2.75, 3.05) is 13.7 Å². The first-order valence-electron chi connectivity index (χ1n) is 5.28. The van der Waals surface area contributed by atoms with Crippen LogP contribution in [-0.2, 0) is 4.74 Å². The van der Waals surface area contributed by atoms with Crippen LogP contribution in [-0.4, -0.2) is 25.5 Å². The molecule has 1 rings (SSSR count). The summed E-state index contributed by atoms with van der Waals surface area (Å²) in [6.07, 6.45) is -0.560. The van der Waals surface area contributed by atoms with E-state index in [9.17, 15) is 4.79 Å². The second kappa shape index (κ2) is 6.52. The maximum Gasteiger partial charge on any atom is 0.427 e. The Morgan fingerprint density at radius 1 is 1.47 bits per heavy atom. The number of benzene rings is 1. The molecule has 0 aromatic heterocycles. The average molecular weight is 236 g/mol. The van der Waals surface area contributed by atoms with Crippen molar-refractivity contribution in [3.8, 4) is 5.75 Å². The molecule has 0 fully saturated rings. The number of rotatable bonds is 4. The molecule has 0 bridgehead atoms. The molecule has 1 aromatic rings. The molecule has 0 saturated heterocycles. The number of hydrazone groups is 1. The molecule has 5 nitrogen and oxygen atoms in total. The third kappa shape index (κ3) is 4.14. The summed E-state index contributed by atoms with van der Waals surface area (Å²) < 4.78 is 9.79. The Labute approximate surface area is 100 Å². The third-order valence-electron chi connectivity index (χ3n) is 2.08. The van der Waals surface area contributed by atoms with E-state index in [4.69, 9.17) is 9.47 Å². The van der Waals surface area contributed by atoms with Crippen molar-refractivity contribution in [2.24, 2.45) is 5.10 Å². The van der Waals surface area contributed by atoms with Gasteiger partial charge in [0.15, 0.2) is 0 Å². The van der Waals surface area contributed by atoms with Gasteiger partial charge in [0, 0.05) is 5.56 Å². The molecule has 1 aromatic carbocycles. The van der Waals surface area contributed by atoms with Crippen molar-refractivity contribution in [1.82, 2.24) is 5.43 Å². The van der Waals surface area contributed by atoms with Crippen molar-refractivity contribution in [1.29, 1.82) is 0 Å². The first-order valence-corrected chi connectivity index (χ1v) is 5.28. The van der Waals surface area contributed by atoms with E-state index in [2.05, 4.69) is 10.5 Å². The maximum absolute atomic E-state index is 11.0. The van der Waals surface area contributed by atoms with E-state index in [0.717, 1.165) is 11.3 Å². The zero-order chi connectivity index (χ0) is 12.7. The Hall–Kier alpha value is -2.04. The first kappa shape index (κ1) is 13.0. The highest BCUT2D eigenvalue weighted by molar-refractivity contribution is 5.99. The van der Waals surface area contributed by atoms with Gasteiger partial charge in [0.25, 0.3) is 0 Å². The fourth-order valence-electron chi connectivity index (χ4n) is 1.21. The van der Waals surface area contributed by atoms with E-state index < -0.39 is 6.09 Å². The van der Waals surface area contributed by atoms with E-state index in [1.54, 1.807) is 21.0 Å². The molecular weight excluding hydrogens is 220 g/mol. The quantitative estimate of drug-likeness (QED) is 0.643. The molecule has 1 amide bonds. The molecule has 0 aliphatic carbocycles. The van der Waals surface area contributed by atoms with Crippen LogP contribution in [0.2, 0.25) is 0 Å². The monoisotopic (exact) mass is 236 g/mol. The van der Waals surface area contributed by atoms with Gasteiger partial charge in [0.1, 0.15) is 5.75 Å². The molecule has 0 aliphatic rings. The smallest absolute Gasteiger partial charge is 0.427 e. The number of carbonyl (C=O) groups excluding carboxylic acids is 1. The normalized spacial score (nSPS) is 10.9. The average Bonchev–Trinajstić information content (AvgIpc) is 2.36. The first-order chi connectivity index (χ1) is 8.17. The third-order valence-corrected chi connectivity index (χ3v) is 2.08. The summed E-state index contributed by atoms with van der Waals surface area (Å²) in [5.41, 5.74) is 3.86. The maximum atomic E-state index is 11.0. The van der Waals surface area contributed by atoms with Crippen LogP contribution in [0.25, 0.3) is 0 Å². The number of methoxy groups -OCH3 is 1. The standard InChI is InChI=1S/C12H16N2O3/c1-4-17-12(15)14-13-9(2)10-6-5-7-11(8-10)16-3/h5-8H,4H2,1-3H3,(H,14,15)/b13-9-. The topological polar surface area (TPSA) is 59.9 Å². The number of amides is 1. The summed E-state index contributed by atoms with van der Waals surface area (Å²) in [5.74, 6) is 0.744. The lowest BCUT2D eigenvalue weighted by Gasteiger charge is -2.04. The second-order valence-electron chi connectivity index (χ2n) is 3.26. The zero-order valence-corrected chi connectivity index (χ0v) is 10.2. The summed E-state index contributed by atoms with van der Waals surface area (Å²) in [6, 6.07) is 7.42. The molecule has 0 unspecified atom stereocenters. The molecule has 17 heavy (non-hydrogen) atoms. The summed E-state index contributed by atoms with van der Waals surface area (Å²) in [5, 5.41) is 3.92. The number of carbonyl (C=O) groups is 1. The van der Waals surface area contributed by atoms with E-state index >= 15 is 0 Å². The number of nitrogens with one attached hydrogen (secondary N) is 1. The SMILES string of the molecule is CCOC(=O)N/N=C(/C)c1cccc(OC)c1. The van der Waals surface area contributed by atoms with Crippen LogP contribution in [0.5, 0.6) is 5.75 Å². The summed E-state index contributed by atoms with van der Waals surface area (Å²) in [6.45, 7) is 3.85. The van der Waals surface area contributed by atoms with Gasteiger partial charge in [0.05, 0.1) is 19.4 Å². The Morgan fingerprint density at radius 2 is 2.24 bits per heavy atom. The molecule has 0 atom stereocenters. The Morgan fingerprint density at radius 3 is 2.88 bits per heavy atom. The highest BCUT2D eigenvalue weighted by Crippen LogP contribution is 2.12. The number of hydrogen-bond donors (Lipinski definition) is 1. The van der Waals surface area contributed by atoms with Gasteiger partial charge in [-0.2, -0.15) is 5.10 Å². The van der Waals surface area contributed by atoms with Gasteiger partial charge in [-0.05, 0) is 26.0 Å². The Bertz CT molecular complexity index is 416. The molecule has 0 radical (unpaired) electrons. The molecule has 0 heterocycles. The van der Waals surface area contributed by atoms with Gasteiger partial charge in [-0.1, -0.05) is 12.1 Å². The van der Waals surface area contributed by atoms with Crippen LogP contribution in [0.1, 0.15) is 19.4 Å². The largest absolute Gasteiger partial charge is 0.497 e. The minimum atomic E-state index is -0.560. The van der Waals surface area contributed by atoms with E-state index in [1.807, 2.05) is 24.3 Å². The fraction of sp³-hybridized carbons (Fsp3) is 0.333. The summed E-state index contributed by atoms with van der Waals surface area (Å²) in [4.78, 5) is 11.0. The molecule has 1 N–H and O–H groups in total.